The number of hydrogen-bond acceptors (Lipinski definition) is 2. The molecule has 0 bridgehead atoms. The van der Waals surface area contributed by atoms with E-state index in [2.05, 4.69) is 13.8 Å². The third kappa shape index (κ3) is 4.15. The number of amides is 1. The van der Waals surface area contributed by atoms with Gasteiger partial charge < -0.3 is 10.6 Å². The molecular weight excluding hydrogens is 224 g/mol. The molecule has 0 aliphatic heterocycles. The van der Waals surface area contributed by atoms with Gasteiger partial charge in [-0.25, -0.2) is 0 Å². The van der Waals surface area contributed by atoms with Crippen LogP contribution in [-0.4, -0.2) is 24.4 Å². The Labute approximate surface area is 110 Å². The Kier molecular flexibility index (Phi) is 5.86. The second kappa shape index (κ2) is 7.17. The summed E-state index contributed by atoms with van der Waals surface area (Å²) in [5.41, 5.74) is 7.78. The Hall–Kier alpha value is -1.35. The summed E-state index contributed by atoms with van der Waals surface area (Å²) in [5.74, 6) is 0.708. The van der Waals surface area contributed by atoms with Crippen molar-refractivity contribution in [3.05, 3.63) is 35.4 Å². The Balaban J connectivity index is 2.63. The summed E-state index contributed by atoms with van der Waals surface area (Å²) < 4.78 is 0. The SMILES string of the molecule is CCC(C)CN(C)C(=O)Cc1ccccc1CN. The Morgan fingerprint density at radius 2 is 1.94 bits per heavy atom. The van der Waals surface area contributed by atoms with Gasteiger partial charge in [-0.15, -0.1) is 0 Å². The van der Waals surface area contributed by atoms with Gasteiger partial charge in [0.1, 0.15) is 0 Å². The van der Waals surface area contributed by atoms with E-state index < -0.39 is 0 Å². The van der Waals surface area contributed by atoms with Crippen LogP contribution in [0.2, 0.25) is 0 Å². The summed E-state index contributed by atoms with van der Waals surface area (Å²) in [6, 6.07) is 7.88. The highest BCUT2D eigenvalue weighted by Crippen LogP contribution is 2.11. The molecule has 1 unspecified atom stereocenters. The fourth-order valence-corrected chi connectivity index (χ4v) is 1.93. The summed E-state index contributed by atoms with van der Waals surface area (Å²) in [4.78, 5) is 13.9. The van der Waals surface area contributed by atoms with Crippen molar-refractivity contribution in [3.8, 4) is 0 Å². The van der Waals surface area contributed by atoms with Crippen LogP contribution in [0, 0.1) is 5.92 Å². The lowest BCUT2D eigenvalue weighted by Crippen LogP contribution is -2.32. The lowest BCUT2D eigenvalue weighted by atomic mass is 10.0. The van der Waals surface area contributed by atoms with Crippen molar-refractivity contribution in [2.45, 2.75) is 33.2 Å². The fourth-order valence-electron chi connectivity index (χ4n) is 1.93. The molecule has 100 valence electrons. The first-order chi connectivity index (χ1) is 8.58. The molecule has 0 saturated carbocycles. The van der Waals surface area contributed by atoms with Gasteiger partial charge in [-0.2, -0.15) is 0 Å². The second-order valence-corrected chi connectivity index (χ2v) is 4.94. The molecule has 1 aromatic carbocycles. The molecule has 0 aliphatic carbocycles. The largest absolute Gasteiger partial charge is 0.345 e. The Morgan fingerprint density at radius 3 is 2.50 bits per heavy atom. The summed E-state index contributed by atoms with van der Waals surface area (Å²) in [7, 11) is 1.87. The first-order valence-electron chi connectivity index (χ1n) is 6.59. The van der Waals surface area contributed by atoms with Crippen molar-refractivity contribution in [1.82, 2.24) is 4.90 Å². The maximum atomic E-state index is 12.1. The molecule has 0 spiro atoms. The quantitative estimate of drug-likeness (QED) is 0.839. The first kappa shape index (κ1) is 14.7. The van der Waals surface area contributed by atoms with E-state index in [1.54, 1.807) is 0 Å². The minimum atomic E-state index is 0.163. The molecule has 2 N–H and O–H groups in total. The average Bonchev–Trinajstić information content (AvgIpc) is 2.39. The van der Waals surface area contributed by atoms with Crippen LogP contribution in [0.15, 0.2) is 24.3 Å². The maximum Gasteiger partial charge on any atom is 0.226 e. The van der Waals surface area contributed by atoms with Gasteiger partial charge in [0.15, 0.2) is 0 Å². The third-order valence-corrected chi connectivity index (χ3v) is 3.39. The number of carbonyl (C=O) groups excluding carboxylic acids is 1. The van der Waals surface area contributed by atoms with Crippen LogP contribution >= 0.6 is 0 Å². The normalized spacial score (nSPS) is 12.2. The topological polar surface area (TPSA) is 46.3 Å². The van der Waals surface area contributed by atoms with Crippen LogP contribution in [-0.2, 0) is 17.8 Å². The first-order valence-corrected chi connectivity index (χ1v) is 6.59. The van der Waals surface area contributed by atoms with Crippen molar-refractivity contribution in [1.29, 1.82) is 0 Å². The van der Waals surface area contributed by atoms with E-state index in [9.17, 15) is 4.79 Å². The van der Waals surface area contributed by atoms with Gasteiger partial charge in [0.25, 0.3) is 0 Å². The number of nitrogens with two attached hydrogens (primary N) is 1. The highest BCUT2D eigenvalue weighted by molar-refractivity contribution is 5.78. The predicted molar refractivity (Wildman–Crippen MR) is 75.1 cm³/mol. The molecule has 0 fully saturated rings. The minimum Gasteiger partial charge on any atom is -0.345 e. The molecule has 1 atom stereocenters. The van der Waals surface area contributed by atoms with E-state index in [0.29, 0.717) is 18.9 Å². The molecule has 0 saturated heterocycles. The van der Waals surface area contributed by atoms with E-state index in [1.807, 2.05) is 36.2 Å². The standard InChI is InChI=1S/C15H24N2O/c1-4-12(2)11-17(3)15(18)9-13-7-5-6-8-14(13)10-16/h5-8,12H,4,9-11,16H2,1-3H3. The van der Waals surface area contributed by atoms with Crippen molar-refractivity contribution >= 4 is 5.91 Å². The average molecular weight is 248 g/mol. The van der Waals surface area contributed by atoms with Crippen LogP contribution in [0.1, 0.15) is 31.4 Å². The monoisotopic (exact) mass is 248 g/mol. The van der Waals surface area contributed by atoms with E-state index >= 15 is 0 Å². The number of rotatable bonds is 6. The molecule has 1 aromatic rings. The lowest BCUT2D eigenvalue weighted by molar-refractivity contribution is -0.129. The molecule has 0 radical (unpaired) electrons. The number of benzene rings is 1. The second-order valence-electron chi connectivity index (χ2n) is 4.94. The van der Waals surface area contributed by atoms with Crippen molar-refractivity contribution < 1.29 is 4.79 Å². The molecular formula is C15H24N2O. The van der Waals surface area contributed by atoms with E-state index in [4.69, 9.17) is 5.73 Å². The smallest absolute Gasteiger partial charge is 0.226 e. The number of carbonyl (C=O) groups is 1. The number of hydrogen-bond donors (Lipinski definition) is 1. The summed E-state index contributed by atoms with van der Waals surface area (Å²) >= 11 is 0. The zero-order valence-corrected chi connectivity index (χ0v) is 11.6. The zero-order chi connectivity index (χ0) is 13.5. The zero-order valence-electron chi connectivity index (χ0n) is 11.6. The number of nitrogens with zero attached hydrogens (tertiary/aromatic N) is 1. The van der Waals surface area contributed by atoms with Gasteiger partial charge in [0.2, 0.25) is 5.91 Å². The molecule has 0 heterocycles. The van der Waals surface area contributed by atoms with Crippen molar-refractivity contribution in [2.75, 3.05) is 13.6 Å². The van der Waals surface area contributed by atoms with Crippen LogP contribution in [0.4, 0.5) is 0 Å². The van der Waals surface area contributed by atoms with Gasteiger partial charge in [-0.3, -0.25) is 4.79 Å². The van der Waals surface area contributed by atoms with E-state index in [1.165, 1.54) is 0 Å². The van der Waals surface area contributed by atoms with Gasteiger partial charge in [-0.1, -0.05) is 44.5 Å². The van der Waals surface area contributed by atoms with E-state index in [0.717, 1.165) is 24.1 Å². The fraction of sp³-hybridized carbons (Fsp3) is 0.533. The Morgan fingerprint density at radius 1 is 1.33 bits per heavy atom. The highest BCUT2D eigenvalue weighted by Gasteiger charge is 2.13. The lowest BCUT2D eigenvalue weighted by Gasteiger charge is -2.21. The summed E-state index contributed by atoms with van der Waals surface area (Å²) in [5, 5.41) is 0. The predicted octanol–water partition coefficient (Wildman–Crippen LogP) is 2.19. The highest BCUT2D eigenvalue weighted by atomic mass is 16.2. The van der Waals surface area contributed by atoms with Crippen molar-refractivity contribution in [2.24, 2.45) is 11.7 Å². The summed E-state index contributed by atoms with van der Waals surface area (Å²) in [6.07, 6.45) is 1.54. The maximum absolute atomic E-state index is 12.1. The molecule has 1 rings (SSSR count). The van der Waals surface area contributed by atoms with Gasteiger partial charge in [0, 0.05) is 20.1 Å². The molecule has 18 heavy (non-hydrogen) atoms. The molecule has 3 nitrogen and oxygen atoms in total. The van der Waals surface area contributed by atoms with Crippen molar-refractivity contribution in [3.63, 3.8) is 0 Å². The van der Waals surface area contributed by atoms with Crippen LogP contribution in [0.5, 0.6) is 0 Å². The Bertz CT molecular complexity index is 390. The molecule has 1 amide bonds. The van der Waals surface area contributed by atoms with Gasteiger partial charge in [-0.05, 0) is 17.0 Å². The third-order valence-electron chi connectivity index (χ3n) is 3.39. The van der Waals surface area contributed by atoms with Crippen LogP contribution in [0.3, 0.4) is 0 Å². The molecule has 3 heteroatoms. The molecule has 0 aromatic heterocycles. The van der Waals surface area contributed by atoms with E-state index in [-0.39, 0.29) is 5.91 Å². The van der Waals surface area contributed by atoms with Crippen LogP contribution in [0.25, 0.3) is 0 Å². The minimum absolute atomic E-state index is 0.163. The summed E-state index contributed by atoms with van der Waals surface area (Å²) in [6.45, 7) is 5.61. The van der Waals surface area contributed by atoms with Gasteiger partial charge >= 0.3 is 0 Å². The number of likely N-dealkylation sites (N-methyl/N-ethyl adjacent to an activating group) is 1. The molecule has 0 aliphatic rings. The van der Waals surface area contributed by atoms with Crippen LogP contribution < -0.4 is 5.73 Å². The van der Waals surface area contributed by atoms with Gasteiger partial charge in [0.05, 0.1) is 6.42 Å².